The number of anilines is 1. The van der Waals surface area contributed by atoms with Gasteiger partial charge in [-0.3, -0.25) is 4.79 Å². The van der Waals surface area contributed by atoms with E-state index >= 15 is 0 Å². The highest BCUT2D eigenvalue weighted by atomic mass is 35.5. The number of nitrogens with one attached hydrogen (secondary N) is 1. The van der Waals surface area contributed by atoms with E-state index in [0.29, 0.717) is 0 Å². The third-order valence-electron chi connectivity index (χ3n) is 4.50. The van der Waals surface area contributed by atoms with Gasteiger partial charge in [0.15, 0.2) is 11.5 Å². The van der Waals surface area contributed by atoms with Crippen LogP contribution in [0.15, 0.2) is 41.3 Å². The summed E-state index contributed by atoms with van der Waals surface area (Å²) in [4.78, 5) is 12.5. The average Bonchev–Trinajstić information content (AvgIpc) is 2.76. The van der Waals surface area contributed by atoms with Gasteiger partial charge in [0, 0.05) is 24.3 Å². The van der Waals surface area contributed by atoms with Gasteiger partial charge in [-0.25, -0.2) is 8.42 Å². The smallest absolute Gasteiger partial charge is 0.387 e. The number of nitrogens with zero attached hydrogens (tertiary/aromatic N) is 1. The second-order valence-corrected chi connectivity index (χ2v) is 8.90. The van der Waals surface area contributed by atoms with Gasteiger partial charge in [-0.1, -0.05) is 11.6 Å². The highest BCUT2D eigenvalue weighted by Crippen LogP contribution is 2.31. The standard InChI is InChI=1S/C20H21ClF2N2O6S/c1-2-30-17-11-13(3-6-16(17)31-20(22)23)19(26)24-14-4-5-15(21)18(12-14)32(27,28)25-7-9-29-10-8-25/h3-6,11-12,20H,2,7-10H2,1H3,(H,24,26). The predicted molar refractivity (Wildman–Crippen MR) is 113 cm³/mol. The van der Waals surface area contributed by atoms with E-state index in [0.717, 1.165) is 0 Å². The molecule has 0 spiro atoms. The molecule has 174 valence electrons. The summed E-state index contributed by atoms with van der Waals surface area (Å²) in [5, 5.41) is 2.60. The highest BCUT2D eigenvalue weighted by molar-refractivity contribution is 7.89. The van der Waals surface area contributed by atoms with Crippen LogP contribution in [0.25, 0.3) is 0 Å². The van der Waals surface area contributed by atoms with Crippen LogP contribution in [0, 0.1) is 0 Å². The summed E-state index contributed by atoms with van der Waals surface area (Å²) in [6, 6.07) is 7.84. The Morgan fingerprint density at radius 3 is 2.56 bits per heavy atom. The van der Waals surface area contributed by atoms with Crippen molar-refractivity contribution in [2.24, 2.45) is 0 Å². The van der Waals surface area contributed by atoms with Crippen molar-refractivity contribution < 1.29 is 36.2 Å². The van der Waals surface area contributed by atoms with Gasteiger partial charge >= 0.3 is 6.61 Å². The molecule has 1 saturated heterocycles. The molecule has 2 aromatic carbocycles. The van der Waals surface area contributed by atoms with Crippen molar-refractivity contribution in [3.05, 3.63) is 47.0 Å². The molecule has 0 unspecified atom stereocenters. The predicted octanol–water partition coefficient (Wildman–Crippen LogP) is 3.61. The topological polar surface area (TPSA) is 94.2 Å². The molecule has 12 heteroatoms. The Bertz CT molecular complexity index is 1080. The number of hydrogen-bond donors (Lipinski definition) is 1. The lowest BCUT2D eigenvalue weighted by Gasteiger charge is -2.26. The largest absolute Gasteiger partial charge is 0.490 e. The molecule has 8 nitrogen and oxygen atoms in total. The molecule has 1 fully saturated rings. The number of amides is 1. The minimum Gasteiger partial charge on any atom is -0.490 e. The van der Waals surface area contributed by atoms with E-state index in [1.807, 2.05) is 0 Å². The number of carbonyl (C=O) groups excluding carboxylic acids is 1. The number of hydrogen-bond acceptors (Lipinski definition) is 6. The Labute approximate surface area is 189 Å². The Morgan fingerprint density at radius 2 is 1.91 bits per heavy atom. The quantitative estimate of drug-likeness (QED) is 0.607. The van der Waals surface area contributed by atoms with Crippen LogP contribution in [0.5, 0.6) is 11.5 Å². The number of ether oxygens (including phenoxy) is 3. The second-order valence-electron chi connectivity index (χ2n) is 6.59. The Morgan fingerprint density at radius 1 is 1.19 bits per heavy atom. The molecule has 1 N–H and O–H groups in total. The zero-order valence-electron chi connectivity index (χ0n) is 17.0. The molecule has 0 aromatic heterocycles. The van der Waals surface area contributed by atoms with Crippen molar-refractivity contribution in [3.63, 3.8) is 0 Å². The molecule has 3 rings (SSSR count). The maximum Gasteiger partial charge on any atom is 0.387 e. The van der Waals surface area contributed by atoms with Crippen molar-refractivity contribution >= 4 is 33.2 Å². The van der Waals surface area contributed by atoms with Crippen molar-refractivity contribution in [1.29, 1.82) is 0 Å². The van der Waals surface area contributed by atoms with Gasteiger partial charge in [0.2, 0.25) is 10.0 Å². The van der Waals surface area contributed by atoms with E-state index in [2.05, 4.69) is 10.1 Å². The van der Waals surface area contributed by atoms with Gasteiger partial charge < -0.3 is 19.5 Å². The number of halogens is 3. The number of morpholine rings is 1. The van der Waals surface area contributed by atoms with E-state index in [-0.39, 0.29) is 65.6 Å². The highest BCUT2D eigenvalue weighted by Gasteiger charge is 2.28. The fourth-order valence-electron chi connectivity index (χ4n) is 3.02. The minimum atomic E-state index is -3.88. The van der Waals surface area contributed by atoms with Gasteiger partial charge in [0.05, 0.1) is 24.8 Å². The van der Waals surface area contributed by atoms with Gasteiger partial charge in [-0.15, -0.1) is 0 Å². The van der Waals surface area contributed by atoms with Gasteiger partial charge in [-0.05, 0) is 43.3 Å². The SMILES string of the molecule is CCOc1cc(C(=O)Nc2ccc(Cl)c(S(=O)(=O)N3CCOCC3)c2)ccc1OC(F)F. The molecule has 32 heavy (non-hydrogen) atoms. The maximum absolute atomic E-state index is 12.9. The first kappa shape index (κ1) is 24.2. The van der Waals surface area contributed by atoms with E-state index in [1.165, 1.54) is 40.7 Å². The molecule has 1 amide bonds. The molecule has 2 aromatic rings. The van der Waals surface area contributed by atoms with Crippen LogP contribution in [0.2, 0.25) is 5.02 Å². The molecule has 1 aliphatic rings. The normalized spacial score (nSPS) is 14.9. The fourth-order valence-corrected chi connectivity index (χ4v) is 4.93. The Kier molecular flexibility index (Phi) is 7.88. The van der Waals surface area contributed by atoms with Crippen LogP contribution < -0.4 is 14.8 Å². The molecule has 1 aliphatic heterocycles. The number of sulfonamides is 1. The molecular weight excluding hydrogens is 470 g/mol. The zero-order chi connectivity index (χ0) is 23.3. The summed E-state index contributed by atoms with van der Waals surface area (Å²) in [5.41, 5.74) is 0.291. The summed E-state index contributed by atoms with van der Waals surface area (Å²) >= 11 is 6.13. The number of carbonyl (C=O) groups is 1. The van der Waals surface area contributed by atoms with Crippen LogP contribution in [0.3, 0.4) is 0 Å². The minimum absolute atomic E-state index is 0.0154. The van der Waals surface area contributed by atoms with E-state index in [1.54, 1.807) is 6.92 Å². The Hall–Kier alpha value is -2.47. The first-order valence-corrected chi connectivity index (χ1v) is 11.4. The van der Waals surface area contributed by atoms with Crippen molar-refractivity contribution in [2.75, 3.05) is 38.2 Å². The van der Waals surface area contributed by atoms with Crippen molar-refractivity contribution in [3.8, 4) is 11.5 Å². The molecule has 0 saturated carbocycles. The lowest BCUT2D eigenvalue weighted by atomic mass is 10.2. The number of benzene rings is 2. The number of alkyl halides is 2. The third kappa shape index (κ3) is 5.66. The first-order chi connectivity index (χ1) is 15.2. The fraction of sp³-hybridized carbons (Fsp3) is 0.350. The van der Waals surface area contributed by atoms with Crippen LogP contribution >= 0.6 is 11.6 Å². The van der Waals surface area contributed by atoms with Gasteiger partial charge in [0.1, 0.15) is 4.90 Å². The van der Waals surface area contributed by atoms with Crippen molar-refractivity contribution in [1.82, 2.24) is 4.31 Å². The lowest BCUT2D eigenvalue weighted by molar-refractivity contribution is -0.0514. The van der Waals surface area contributed by atoms with Crippen LogP contribution in [0.1, 0.15) is 17.3 Å². The first-order valence-electron chi connectivity index (χ1n) is 9.63. The number of rotatable bonds is 8. The summed E-state index contributed by atoms with van der Waals surface area (Å²) in [6.07, 6.45) is 0. The van der Waals surface area contributed by atoms with Crippen LogP contribution in [-0.4, -0.2) is 58.2 Å². The molecule has 0 aliphatic carbocycles. The zero-order valence-corrected chi connectivity index (χ0v) is 18.6. The van der Waals surface area contributed by atoms with Gasteiger partial charge in [0.25, 0.3) is 5.91 Å². The Balaban J connectivity index is 1.84. The average molecular weight is 491 g/mol. The van der Waals surface area contributed by atoms with E-state index in [9.17, 15) is 22.0 Å². The molecule has 1 heterocycles. The molecule has 0 atom stereocenters. The summed E-state index contributed by atoms with van der Waals surface area (Å²) < 4.78 is 67.1. The lowest BCUT2D eigenvalue weighted by Crippen LogP contribution is -2.40. The summed E-state index contributed by atoms with van der Waals surface area (Å²) in [7, 11) is -3.88. The van der Waals surface area contributed by atoms with Crippen LogP contribution in [-0.2, 0) is 14.8 Å². The molecule has 0 bridgehead atoms. The maximum atomic E-state index is 12.9. The van der Waals surface area contributed by atoms with E-state index < -0.39 is 22.5 Å². The summed E-state index contributed by atoms with van der Waals surface area (Å²) in [6.45, 7) is -0.269. The molecular formula is C20H21ClF2N2O6S. The monoisotopic (exact) mass is 490 g/mol. The van der Waals surface area contributed by atoms with E-state index in [4.69, 9.17) is 21.1 Å². The summed E-state index contributed by atoms with van der Waals surface area (Å²) in [5.74, 6) is -0.831. The third-order valence-corrected chi connectivity index (χ3v) is 6.88. The second kappa shape index (κ2) is 10.4. The van der Waals surface area contributed by atoms with Crippen LogP contribution in [0.4, 0.5) is 14.5 Å². The molecule has 0 radical (unpaired) electrons. The van der Waals surface area contributed by atoms with Gasteiger partial charge in [-0.2, -0.15) is 13.1 Å². The van der Waals surface area contributed by atoms with Crippen molar-refractivity contribution in [2.45, 2.75) is 18.4 Å².